The number of amides is 1. The van der Waals surface area contributed by atoms with Gasteiger partial charge >= 0.3 is 0 Å². The molecule has 0 unspecified atom stereocenters. The summed E-state index contributed by atoms with van der Waals surface area (Å²) in [4.78, 5) is 19.6. The van der Waals surface area contributed by atoms with Crippen molar-refractivity contribution in [1.82, 2.24) is 9.97 Å². The van der Waals surface area contributed by atoms with Crippen LogP contribution in [-0.4, -0.2) is 15.9 Å². The topological polar surface area (TPSA) is 57.8 Å². The summed E-state index contributed by atoms with van der Waals surface area (Å²) >= 11 is 0. The number of hydrogen-bond donors (Lipinski definition) is 2. The number of halogens is 1. The van der Waals surface area contributed by atoms with Crippen molar-refractivity contribution < 1.29 is 9.18 Å². The lowest BCUT2D eigenvalue weighted by Crippen LogP contribution is -2.12. The van der Waals surface area contributed by atoms with E-state index in [0.717, 1.165) is 5.56 Å². The molecular weight excluding hydrogens is 341 g/mol. The van der Waals surface area contributed by atoms with Crippen LogP contribution in [-0.2, 0) is 0 Å². The fourth-order valence-electron chi connectivity index (χ4n) is 2.67. The third kappa shape index (κ3) is 3.86. The molecule has 0 aliphatic rings. The zero-order valence-corrected chi connectivity index (χ0v) is 14.2. The molecule has 0 saturated heterocycles. The van der Waals surface area contributed by atoms with Crippen molar-refractivity contribution in [2.45, 2.75) is 0 Å². The Morgan fingerprint density at radius 3 is 2.78 bits per heavy atom. The number of nitrogens with one attached hydrogen (secondary N) is 2. The first-order chi connectivity index (χ1) is 13.2. The van der Waals surface area contributed by atoms with E-state index in [1.54, 1.807) is 30.5 Å². The van der Waals surface area contributed by atoms with E-state index in [0.29, 0.717) is 28.0 Å². The molecule has 0 radical (unpaired) electrons. The summed E-state index contributed by atoms with van der Waals surface area (Å²) < 4.78 is 13.3. The van der Waals surface area contributed by atoms with Crippen LogP contribution < -0.4 is 5.32 Å². The molecule has 0 aliphatic heterocycles. The number of fused-ring (bicyclic) bond motifs is 1. The van der Waals surface area contributed by atoms with E-state index >= 15 is 0 Å². The summed E-state index contributed by atoms with van der Waals surface area (Å²) in [7, 11) is 0. The zero-order valence-electron chi connectivity index (χ0n) is 14.2. The summed E-state index contributed by atoms with van der Waals surface area (Å²) in [6.07, 6.45) is 1.69. The zero-order chi connectivity index (χ0) is 18.6. The molecule has 0 saturated carbocycles. The summed E-state index contributed by atoms with van der Waals surface area (Å²) in [6.45, 7) is 0. The maximum atomic E-state index is 13.3. The third-order valence-corrected chi connectivity index (χ3v) is 3.95. The highest BCUT2D eigenvalue weighted by Gasteiger charge is 2.10. The van der Waals surface area contributed by atoms with Gasteiger partial charge in [-0.3, -0.25) is 4.79 Å². The fraction of sp³-hybridized carbons (Fsp3) is 0. The van der Waals surface area contributed by atoms with Crippen LogP contribution in [0.1, 0.15) is 21.7 Å². The number of rotatable bonds is 2. The number of benzene rings is 2. The standard InChI is InChI=1S/C22H14FN3O/c23-17-8-10-20-16(13-17)14-21(26-20)22(27)25-19-6-3-4-15(12-19)7-9-18-5-1-2-11-24-18/h1-6,8,10-14,26H,(H,25,27). The molecule has 2 aromatic heterocycles. The Morgan fingerprint density at radius 1 is 1.00 bits per heavy atom. The molecule has 2 N–H and O–H groups in total. The maximum Gasteiger partial charge on any atom is 0.272 e. The molecule has 0 bridgehead atoms. The highest BCUT2D eigenvalue weighted by atomic mass is 19.1. The van der Waals surface area contributed by atoms with Crippen LogP contribution >= 0.6 is 0 Å². The van der Waals surface area contributed by atoms with Gasteiger partial charge in [-0.2, -0.15) is 0 Å². The summed E-state index contributed by atoms with van der Waals surface area (Å²) in [5.41, 5.74) is 3.13. The molecule has 2 aromatic carbocycles. The van der Waals surface area contributed by atoms with Gasteiger partial charge in [-0.25, -0.2) is 9.37 Å². The van der Waals surface area contributed by atoms with E-state index in [2.05, 4.69) is 27.1 Å². The van der Waals surface area contributed by atoms with Gasteiger partial charge in [0.1, 0.15) is 17.2 Å². The summed E-state index contributed by atoms with van der Waals surface area (Å²) in [5.74, 6) is 5.37. The average molecular weight is 355 g/mol. The van der Waals surface area contributed by atoms with Gasteiger partial charge in [-0.1, -0.05) is 18.1 Å². The van der Waals surface area contributed by atoms with Crippen molar-refractivity contribution in [2.24, 2.45) is 0 Å². The molecule has 2 heterocycles. The van der Waals surface area contributed by atoms with E-state index in [1.807, 2.05) is 30.3 Å². The Hall–Kier alpha value is -3.91. The van der Waals surface area contributed by atoms with E-state index in [1.165, 1.54) is 12.1 Å². The van der Waals surface area contributed by atoms with Crippen LogP contribution in [0.5, 0.6) is 0 Å². The molecule has 4 rings (SSSR count). The van der Waals surface area contributed by atoms with Crippen molar-refractivity contribution in [3.8, 4) is 11.8 Å². The Labute approximate surface area is 155 Å². The first kappa shape index (κ1) is 16.6. The van der Waals surface area contributed by atoms with Gasteiger partial charge in [0.25, 0.3) is 5.91 Å². The Kier molecular flexibility index (Phi) is 4.38. The Morgan fingerprint density at radius 2 is 1.93 bits per heavy atom. The van der Waals surface area contributed by atoms with E-state index in [9.17, 15) is 9.18 Å². The number of aromatic amines is 1. The minimum atomic E-state index is -0.340. The number of carbonyl (C=O) groups is 1. The molecule has 130 valence electrons. The lowest BCUT2D eigenvalue weighted by Gasteiger charge is -2.04. The van der Waals surface area contributed by atoms with Gasteiger partial charge in [0.05, 0.1) is 0 Å². The smallest absolute Gasteiger partial charge is 0.272 e. The monoisotopic (exact) mass is 355 g/mol. The van der Waals surface area contributed by atoms with Gasteiger partial charge in [0.2, 0.25) is 0 Å². The van der Waals surface area contributed by atoms with Crippen molar-refractivity contribution >= 4 is 22.5 Å². The fourth-order valence-corrected chi connectivity index (χ4v) is 2.67. The van der Waals surface area contributed by atoms with Crippen LogP contribution in [0.3, 0.4) is 0 Å². The quantitative estimate of drug-likeness (QED) is 0.525. The van der Waals surface area contributed by atoms with Crippen molar-refractivity contribution in [1.29, 1.82) is 0 Å². The van der Waals surface area contributed by atoms with Gasteiger partial charge < -0.3 is 10.3 Å². The second-order valence-electron chi connectivity index (χ2n) is 5.91. The normalized spacial score (nSPS) is 10.3. The van der Waals surface area contributed by atoms with E-state index in [4.69, 9.17) is 0 Å². The number of H-pyrrole nitrogens is 1. The van der Waals surface area contributed by atoms with Crippen molar-refractivity contribution in [3.63, 3.8) is 0 Å². The molecule has 0 fully saturated rings. The van der Waals surface area contributed by atoms with E-state index < -0.39 is 0 Å². The van der Waals surface area contributed by atoms with Gasteiger partial charge in [0, 0.05) is 28.4 Å². The number of aromatic nitrogens is 2. The largest absolute Gasteiger partial charge is 0.351 e. The molecule has 0 aliphatic carbocycles. The molecule has 0 atom stereocenters. The number of pyridine rings is 1. The molecule has 0 spiro atoms. The number of anilines is 1. The highest BCUT2D eigenvalue weighted by molar-refractivity contribution is 6.06. The third-order valence-electron chi connectivity index (χ3n) is 3.95. The maximum absolute atomic E-state index is 13.3. The second-order valence-corrected chi connectivity index (χ2v) is 5.91. The average Bonchev–Trinajstić information content (AvgIpc) is 3.11. The predicted molar refractivity (Wildman–Crippen MR) is 103 cm³/mol. The van der Waals surface area contributed by atoms with Gasteiger partial charge in [0.15, 0.2) is 0 Å². The van der Waals surface area contributed by atoms with Crippen LogP contribution in [0.25, 0.3) is 10.9 Å². The van der Waals surface area contributed by atoms with Gasteiger partial charge in [-0.05, 0) is 60.5 Å². The van der Waals surface area contributed by atoms with Crippen LogP contribution in [0, 0.1) is 17.7 Å². The minimum Gasteiger partial charge on any atom is -0.351 e. The minimum absolute atomic E-state index is 0.304. The van der Waals surface area contributed by atoms with Crippen molar-refractivity contribution in [3.05, 3.63) is 95.7 Å². The molecular formula is C22H14FN3O. The first-order valence-electron chi connectivity index (χ1n) is 8.30. The van der Waals surface area contributed by atoms with Gasteiger partial charge in [-0.15, -0.1) is 0 Å². The lowest BCUT2D eigenvalue weighted by atomic mass is 10.2. The Bertz CT molecular complexity index is 1190. The molecule has 4 nitrogen and oxygen atoms in total. The predicted octanol–water partition coefficient (Wildman–Crippen LogP) is 4.35. The highest BCUT2D eigenvalue weighted by Crippen LogP contribution is 2.18. The molecule has 27 heavy (non-hydrogen) atoms. The number of carbonyl (C=O) groups excluding carboxylic acids is 1. The Balaban J connectivity index is 1.53. The van der Waals surface area contributed by atoms with Crippen molar-refractivity contribution in [2.75, 3.05) is 5.32 Å². The number of nitrogens with zero attached hydrogens (tertiary/aromatic N) is 1. The number of hydrogen-bond acceptors (Lipinski definition) is 2. The SMILES string of the molecule is O=C(Nc1cccc(C#Cc2ccccn2)c1)c1cc2cc(F)ccc2[nH]1. The van der Waals surface area contributed by atoms with Crippen LogP contribution in [0.2, 0.25) is 0 Å². The van der Waals surface area contributed by atoms with Crippen LogP contribution in [0.4, 0.5) is 10.1 Å². The summed E-state index contributed by atoms with van der Waals surface area (Å²) in [6, 6.07) is 18.8. The first-order valence-corrected chi connectivity index (χ1v) is 8.30. The molecule has 1 amide bonds. The van der Waals surface area contributed by atoms with E-state index in [-0.39, 0.29) is 11.7 Å². The molecule has 5 heteroatoms. The molecule has 4 aromatic rings. The lowest BCUT2D eigenvalue weighted by molar-refractivity contribution is 0.102. The second kappa shape index (κ2) is 7.14. The summed E-state index contributed by atoms with van der Waals surface area (Å²) in [5, 5.41) is 3.47. The van der Waals surface area contributed by atoms with Crippen LogP contribution in [0.15, 0.2) is 72.9 Å².